The molecule has 1 aromatic carbocycles. The van der Waals surface area contributed by atoms with E-state index in [2.05, 4.69) is 4.99 Å². The number of aliphatic imine (C=N–C) groups is 1. The number of non-ortho nitro benzene ring substituents is 1. The summed E-state index contributed by atoms with van der Waals surface area (Å²) in [5.74, 6) is 0.142. The summed E-state index contributed by atoms with van der Waals surface area (Å²) in [6.45, 7) is 0. The predicted molar refractivity (Wildman–Crippen MR) is 65.1 cm³/mol. The Labute approximate surface area is 106 Å². The number of nitrogens with two attached hydrogens (primary N) is 1. The van der Waals surface area contributed by atoms with Crippen LogP contribution in [-0.2, 0) is 0 Å². The van der Waals surface area contributed by atoms with Crippen molar-refractivity contribution in [2.24, 2.45) is 10.7 Å². The zero-order valence-corrected chi connectivity index (χ0v) is 10.1. The molecule has 2 N–H and O–H groups in total. The average Bonchev–Trinajstić information content (AvgIpc) is 2.22. The molecule has 0 saturated heterocycles. The van der Waals surface area contributed by atoms with Gasteiger partial charge in [-0.2, -0.15) is 0 Å². The minimum absolute atomic E-state index is 0.0175. The van der Waals surface area contributed by atoms with Gasteiger partial charge >= 0.3 is 0 Å². The molecule has 86 valence electrons. The molecule has 1 rings (SSSR count). The number of alkyl halides is 1. The normalized spacial score (nSPS) is 11.6. The SMILES string of the molecule is NC(CCl)=Nc1c(Cl)cc([N+](=O)[O-])cc1Cl. The lowest BCUT2D eigenvalue weighted by Gasteiger charge is -2.02. The van der Waals surface area contributed by atoms with Gasteiger partial charge in [0.05, 0.1) is 20.8 Å². The molecule has 0 radical (unpaired) electrons. The highest BCUT2D eigenvalue weighted by atomic mass is 35.5. The highest BCUT2D eigenvalue weighted by molar-refractivity contribution is 6.39. The van der Waals surface area contributed by atoms with Gasteiger partial charge < -0.3 is 5.73 Å². The van der Waals surface area contributed by atoms with Crippen LogP contribution in [0.4, 0.5) is 11.4 Å². The third-order valence-corrected chi connectivity index (χ3v) is 2.45. The van der Waals surface area contributed by atoms with Crippen LogP contribution in [0.25, 0.3) is 0 Å². The van der Waals surface area contributed by atoms with Crippen LogP contribution in [0.5, 0.6) is 0 Å². The van der Waals surface area contributed by atoms with Gasteiger partial charge in [0.2, 0.25) is 0 Å². The monoisotopic (exact) mass is 281 g/mol. The van der Waals surface area contributed by atoms with Crippen molar-refractivity contribution in [1.82, 2.24) is 0 Å². The van der Waals surface area contributed by atoms with E-state index in [-0.39, 0.29) is 33.1 Å². The van der Waals surface area contributed by atoms with Crippen LogP contribution in [0, 0.1) is 10.1 Å². The van der Waals surface area contributed by atoms with E-state index in [1.807, 2.05) is 0 Å². The summed E-state index contributed by atoms with van der Waals surface area (Å²) >= 11 is 17.0. The Morgan fingerprint density at radius 1 is 1.44 bits per heavy atom. The Hall–Kier alpha value is -1.04. The summed E-state index contributed by atoms with van der Waals surface area (Å²) in [6.07, 6.45) is 0. The second-order valence-electron chi connectivity index (χ2n) is 2.75. The smallest absolute Gasteiger partial charge is 0.272 e. The van der Waals surface area contributed by atoms with Crippen molar-refractivity contribution in [2.75, 3.05) is 5.88 Å². The molecule has 16 heavy (non-hydrogen) atoms. The van der Waals surface area contributed by atoms with Crippen LogP contribution >= 0.6 is 34.8 Å². The van der Waals surface area contributed by atoms with Crippen LogP contribution in [0.15, 0.2) is 17.1 Å². The van der Waals surface area contributed by atoms with Crippen LogP contribution in [0.1, 0.15) is 0 Å². The molecule has 0 aliphatic carbocycles. The number of nitro benzene ring substituents is 1. The fraction of sp³-hybridized carbons (Fsp3) is 0.125. The number of hydrogen-bond acceptors (Lipinski definition) is 3. The van der Waals surface area contributed by atoms with Gasteiger partial charge in [0.15, 0.2) is 0 Å². The minimum Gasteiger partial charge on any atom is -0.386 e. The molecule has 0 aliphatic rings. The first-order valence-corrected chi connectivity index (χ1v) is 5.27. The lowest BCUT2D eigenvalue weighted by Crippen LogP contribution is -2.12. The van der Waals surface area contributed by atoms with Gasteiger partial charge in [-0.05, 0) is 0 Å². The van der Waals surface area contributed by atoms with E-state index in [0.29, 0.717) is 0 Å². The van der Waals surface area contributed by atoms with Crippen LogP contribution in [0.2, 0.25) is 10.0 Å². The first kappa shape index (κ1) is 13.0. The standard InChI is InChI=1S/C8H6Cl3N3O2/c9-3-7(12)13-8-5(10)1-4(14(15)16)2-6(8)11/h1-2H,3H2,(H2,12,13). The highest BCUT2D eigenvalue weighted by Gasteiger charge is 2.14. The number of benzene rings is 1. The molecule has 1 aromatic rings. The number of nitrogens with zero attached hydrogens (tertiary/aromatic N) is 2. The maximum Gasteiger partial charge on any atom is 0.272 e. The van der Waals surface area contributed by atoms with E-state index in [4.69, 9.17) is 40.5 Å². The van der Waals surface area contributed by atoms with Crippen molar-refractivity contribution >= 4 is 52.0 Å². The molecule has 0 aromatic heterocycles. The second-order valence-corrected chi connectivity index (χ2v) is 3.83. The fourth-order valence-corrected chi connectivity index (χ4v) is 1.56. The van der Waals surface area contributed by atoms with Gasteiger partial charge in [-0.3, -0.25) is 10.1 Å². The first-order chi connectivity index (χ1) is 7.45. The van der Waals surface area contributed by atoms with Gasteiger partial charge in [0, 0.05) is 12.1 Å². The molecule has 0 atom stereocenters. The largest absolute Gasteiger partial charge is 0.386 e. The number of hydrogen-bond donors (Lipinski definition) is 1. The average molecular weight is 283 g/mol. The molecule has 0 fully saturated rings. The summed E-state index contributed by atoms with van der Waals surface area (Å²) in [5.41, 5.74) is 5.37. The van der Waals surface area contributed by atoms with Crippen LogP contribution < -0.4 is 5.73 Å². The quantitative estimate of drug-likeness (QED) is 0.304. The van der Waals surface area contributed by atoms with E-state index < -0.39 is 4.92 Å². The van der Waals surface area contributed by atoms with Crippen LogP contribution in [-0.4, -0.2) is 16.6 Å². The van der Waals surface area contributed by atoms with Crippen molar-refractivity contribution in [2.45, 2.75) is 0 Å². The van der Waals surface area contributed by atoms with Gasteiger partial charge in [0.25, 0.3) is 5.69 Å². The molecule has 0 amide bonds. The number of amidine groups is 1. The Bertz CT molecular complexity index is 439. The lowest BCUT2D eigenvalue weighted by molar-refractivity contribution is -0.384. The van der Waals surface area contributed by atoms with Crippen molar-refractivity contribution in [3.05, 3.63) is 32.3 Å². The lowest BCUT2D eigenvalue weighted by atomic mass is 10.3. The molecular formula is C8H6Cl3N3O2. The van der Waals surface area contributed by atoms with E-state index in [1.54, 1.807) is 0 Å². The first-order valence-electron chi connectivity index (χ1n) is 3.98. The summed E-state index contributed by atoms with van der Waals surface area (Å²) in [5, 5.41) is 10.6. The van der Waals surface area contributed by atoms with E-state index >= 15 is 0 Å². The number of halogens is 3. The summed E-state index contributed by atoms with van der Waals surface area (Å²) in [6, 6.07) is 2.29. The molecule has 8 heteroatoms. The Balaban J connectivity index is 3.28. The molecule has 0 heterocycles. The topological polar surface area (TPSA) is 81.5 Å². The van der Waals surface area contributed by atoms with Crippen molar-refractivity contribution in [3.8, 4) is 0 Å². The Kier molecular flexibility index (Phi) is 4.35. The van der Waals surface area contributed by atoms with E-state index in [0.717, 1.165) is 12.1 Å². The van der Waals surface area contributed by atoms with Gasteiger partial charge in [-0.15, -0.1) is 11.6 Å². The fourth-order valence-electron chi connectivity index (χ4n) is 0.938. The molecule has 0 aliphatic heterocycles. The Morgan fingerprint density at radius 2 is 1.94 bits per heavy atom. The molecule has 0 saturated carbocycles. The maximum absolute atomic E-state index is 10.5. The zero-order chi connectivity index (χ0) is 12.3. The molecule has 0 bridgehead atoms. The van der Waals surface area contributed by atoms with E-state index in [1.165, 1.54) is 0 Å². The van der Waals surface area contributed by atoms with Crippen molar-refractivity contribution in [3.63, 3.8) is 0 Å². The summed E-state index contributed by atoms with van der Waals surface area (Å²) in [4.78, 5) is 13.8. The summed E-state index contributed by atoms with van der Waals surface area (Å²) in [7, 11) is 0. The van der Waals surface area contributed by atoms with Crippen LogP contribution in [0.3, 0.4) is 0 Å². The van der Waals surface area contributed by atoms with E-state index in [9.17, 15) is 10.1 Å². The maximum atomic E-state index is 10.5. The number of rotatable bonds is 3. The van der Waals surface area contributed by atoms with Gasteiger partial charge in [-0.1, -0.05) is 23.2 Å². The summed E-state index contributed by atoms with van der Waals surface area (Å²) < 4.78 is 0. The van der Waals surface area contributed by atoms with Crippen molar-refractivity contribution in [1.29, 1.82) is 0 Å². The highest BCUT2D eigenvalue weighted by Crippen LogP contribution is 2.36. The third kappa shape index (κ3) is 2.98. The number of nitro groups is 1. The molecule has 5 nitrogen and oxygen atoms in total. The zero-order valence-electron chi connectivity index (χ0n) is 7.78. The molecular weight excluding hydrogens is 276 g/mol. The van der Waals surface area contributed by atoms with Gasteiger partial charge in [0.1, 0.15) is 11.5 Å². The second kappa shape index (κ2) is 5.34. The Morgan fingerprint density at radius 3 is 2.31 bits per heavy atom. The van der Waals surface area contributed by atoms with Gasteiger partial charge in [-0.25, -0.2) is 4.99 Å². The molecule has 0 unspecified atom stereocenters. The predicted octanol–water partition coefficient (Wildman–Crippen LogP) is 3.13. The van der Waals surface area contributed by atoms with Crippen molar-refractivity contribution < 1.29 is 4.92 Å². The molecule has 0 spiro atoms. The third-order valence-electron chi connectivity index (χ3n) is 1.60. The minimum atomic E-state index is -0.601.